The second kappa shape index (κ2) is 9.08. The third-order valence-corrected chi connectivity index (χ3v) is 5.19. The fourth-order valence-electron chi connectivity index (χ4n) is 2.02. The van der Waals surface area contributed by atoms with Crippen LogP contribution in [0.2, 0.25) is 5.02 Å². The minimum atomic E-state index is -1.27. The Balaban J connectivity index is 2.38. The van der Waals surface area contributed by atoms with Crippen molar-refractivity contribution in [3.05, 3.63) is 74.2 Å². The number of hydrogen-bond acceptors (Lipinski definition) is 4. The van der Waals surface area contributed by atoms with E-state index < -0.39 is 11.8 Å². The summed E-state index contributed by atoms with van der Waals surface area (Å²) in [5.74, 6) is -1.27. The number of rotatable bonds is 7. The zero-order chi connectivity index (χ0) is 18.4. The molecule has 0 aromatic heterocycles. The molecule has 0 unspecified atom stereocenters. The van der Waals surface area contributed by atoms with Gasteiger partial charge in [-0.25, -0.2) is 4.79 Å². The highest BCUT2D eigenvalue weighted by molar-refractivity contribution is 9.10. The van der Waals surface area contributed by atoms with Crippen molar-refractivity contribution in [1.29, 1.82) is 0 Å². The molecule has 0 amide bonds. The zero-order valence-electron chi connectivity index (χ0n) is 13.3. The highest BCUT2D eigenvalue weighted by atomic mass is 79.9. The van der Waals surface area contributed by atoms with Gasteiger partial charge in [0.15, 0.2) is 5.78 Å². The first-order chi connectivity index (χ1) is 11.9. The average molecular weight is 441 g/mol. The predicted octanol–water partition coefficient (Wildman–Crippen LogP) is 5.33. The zero-order valence-corrected chi connectivity index (χ0v) is 16.4. The maximum Gasteiger partial charge on any atom is 0.342 e. The number of halogens is 2. The van der Waals surface area contributed by atoms with Crippen LogP contribution in [0.15, 0.2) is 63.6 Å². The number of carbonyl (C=O) groups excluding carboxylic acids is 1. The first kappa shape index (κ1) is 19.6. The van der Waals surface area contributed by atoms with E-state index in [4.69, 9.17) is 11.6 Å². The summed E-state index contributed by atoms with van der Waals surface area (Å²) in [6.45, 7) is 1.24. The van der Waals surface area contributed by atoms with Gasteiger partial charge in [-0.3, -0.25) is 4.79 Å². The van der Waals surface area contributed by atoms with Gasteiger partial charge in [0.2, 0.25) is 0 Å². The van der Waals surface area contributed by atoms with E-state index in [2.05, 4.69) is 21.2 Å². The Kier molecular flexibility index (Phi) is 7.11. The van der Waals surface area contributed by atoms with E-state index in [9.17, 15) is 14.7 Å². The number of aliphatic carboxylic acids is 1. The van der Waals surface area contributed by atoms with Crippen molar-refractivity contribution in [2.75, 3.05) is 5.32 Å². The van der Waals surface area contributed by atoms with Gasteiger partial charge < -0.3 is 10.4 Å². The minimum absolute atomic E-state index is 0.270. The molecule has 0 aliphatic heterocycles. The molecule has 2 N–H and O–H groups in total. The summed E-state index contributed by atoms with van der Waals surface area (Å²) < 4.78 is 0.711. The fourth-order valence-corrected chi connectivity index (χ4v) is 3.60. The topological polar surface area (TPSA) is 66.4 Å². The molecule has 0 aliphatic rings. The molecule has 0 spiro atoms. The lowest BCUT2D eigenvalue weighted by Crippen LogP contribution is -2.15. The van der Waals surface area contributed by atoms with Gasteiger partial charge in [-0.2, -0.15) is 0 Å². The Labute approximate surface area is 163 Å². The summed E-state index contributed by atoms with van der Waals surface area (Å²) >= 11 is 10.7. The highest BCUT2D eigenvalue weighted by Gasteiger charge is 2.21. The van der Waals surface area contributed by atoms with Crippen molar-refractivity contribution in [2.45, 2.75) is 12.7 Å². The van der Waals surface area contributed by atoms with Crippen molar-refractivity contribution >= 4 is 56.7 Å². The van der Waals surface area contributed by atoms with Crippen LogP contribution in [0.3, 0.4) is 0 Å². The van der Waals surface area contributed by atoms with Crippen molar-refractivity contribution in [3.63, 3.8) is 0 Å². The number of carbonyl (C=O) groups is 2. The van der Waals surface area contributed by atoms with Crippen LogP contribution in [-0.2, 0) is 15.3 Å². The largest absolute Gasteiger partial charge is 0.477 e. The van der Waals surface area contributed by atoms with Gasteiger partial charge in [-0.1, -0.05) is 41.9 Å². The van der Waals surface area contributed by atoms with Crippen molar-refractivity contribution in [3.8, 4) is 0 Å². The van der Waals surface area contributed by atoms with Gasteiger partial charge in [0.25, 0.3) is 0 Å². The lowest BCUT2D eigenvalue weighted by atomic mass is 10.2. The van der Waals surface area contributed by atoms with Crippen LogP contribution in [0.5, 0.6) is 0 Å². The third kappa shape index (κ3) is 5.63. The summed E-state index contributed by atoms with van der Waals surface area (Å²) in [7, 11) is 0. The minimum Gasteiger partial charge on any atom is -0.477 e. The van der Waals surface area contributed by atoms with Crippen molar-refractivity contribution < 1.29 is 14.7 Å². The number of benzene rings is 2. The van der Waals surface area contributed by atoms with E-state index in [1.807, 2.05) is 30.3 Å². The first-order valence-corrected chi connectivity index (χ1v) is 9.41. The molecule has 2 aromatic carbocycles. The number of nitrogens with one attached hydrogen (secondary N) is 1. The molecule has 0 bridgehead atoms. The van der Waals surface area contributed by atoms with E-state index in [-0.39, 0.29) is 10.6 Å². The van der Waals surface area contributed by atoms with Crippen LogP contribution in [-0.4, -0.2) is 16.9 Å². The van der Waals surface area contributed by atoms with Crippen LogP contribution < -0.4 is 5.32 Å². The standard InChI is InChI=1S/C18H15BrClNO3S/c1-11(22)16(18(23)24)17(25-10-12-5-3-2-4-6-12)21-15-9-13(20)7-8-14(15)19/h2-9,21H,10H2,1H3,(H,23,24)/b17-16-. The lowest BCUT2D eigenvalue weighted by Gasteiger charge is -2.15. The lowest BCUT2D eigenvalue weighted by molar-refractivity contribution is -0.134. The second-order valence-corrected chi connectivity index (χ2v) is 7.37. The van der Waals surface area contributed by atoms with E-state index in [1.165, 1.54) is 18.7 Å². The Morgan fingerprint density at radius 3 is 2.48 bits per heavy atom. The van der Waals surface area contributed by atoms with E-state index in [1.54, 1.807) is 18.2 Å². The SMILES string of the molecule is CC(=O)/C(C(=O)O)=C(\Nc1cc(Cl)ccc1Br)SCc1ccccc1. The Hall–Kier alpha value is -1.76. The van der Waals surface area contributed by atoms with Gasteiger partial charge >= 0.3 is 5.97 Å². The summed E-state index contributed by atoms with van der Waals surface area (Å²) in [4.78, 5) is 23.4. The van der Waals surface area contributed by atoms with Gasteiger partial charge in [-0.15, -0.1) is 11.8 Å². The third-order valence-electron chi connectivity index (χ3n) is 3.20. The summed E-state index contributed by atoms with van der Waals surface area (Å²) in [5, 5.41) is 13.2. The molecule has 2 rings (SSSR count). The Morgan fingerprint density at radius 1 is 1.20 bits per heavy atom. The van der Waals surface area contributed by atoms with Crippen LogP contribution >= 0.6 is 39.3 Å². The van der Waals surface area contributed by atoms with E-state index >= 15 is 0 Å². The molecule has 0 saturated carbocycles. The van der Waals surface area contributed by atoms with Gasteiger partial charge in [0.05, 0.1) is 10.7 Å². The Morgan fingerprint density at radius 2 is 1.88 bits per heavy atom. The number of ketones is 1. The van der Waals surface area contributed by atoms with Gasteiger partial charge in [-0.05, 0) is 46.6 Å². The summed E-state index contributed by atoms with van der Waals surface area (Å²) in [5.41, 5.74) is 1.32. The molecule has 0 saturated heterocycles. The smallest absolute Gasteiger partial charge is 0.342 e. The number of anilines is 1. The average Bonchev–Trinajstić information content (AvgIpc) is 2.56. The summed E-state index contributed by atoms with van der Waals surface area (Å²) in [6.07, 6.45) is 0. The highest BCUT2D eigenvalue weighted by Crippen LogP contribution is 2.32. The Bertz CT molecular complexity index is 808. The normalized spacial score (nSPS) is 11.6. The molecule has 0 heterocycles. The van der Waals surface area contributed by atoms with Crippen LogP contribution in [0.25, 0.3) is 0 Å². The molecule has 0 aliphatic carbocycles. The summed E-state index contributed by atoms with van der Waals surface area (Å²) in [6, 6.07) is 14.7. The monoisotopic (exact) mass is 439 g/mol. The number of carboxylic acids is 1. The quantitative estimate of drug-likeness (QED) is 0.346. The van der Waals surface area contributed by atoms with Crippen molar-refractivity contribution in [2.24, 2.45) is 0 Å². The maximum atomic E-state index is 11.9. The number of hydrogen-bond donors (Lipinski definition) is 2. The van der Waals surface area contributed by atoms with Gasteiger partial charge in [0.1, 0.15) is 5.57 Å². The number of thioether (sulfide) groups is 1. The van der Waals surface area contributed by atoms with E-state index in [0.29, 0.717) is 20.9 Å². The molecular weight excluding hydrogens is 426 g/mol. The maximum absolute atomic E-state index is 11.9. The van der Waals surface area contributed by atoms with Crippen molar-refractivity contribution in [1.82, 2.24) is 0 Å². The van der Waals surface area contributed by atoms with Crippen LogP contribution in [0.1, 0.15) is 12.5 Å². The fraction of sp³-hybridized carbons (Fsp3) is 0.111. The molecular formula is C18H15BrClNO3S. The van der Waals surface area contributed by atoms with Crippen LogP contribution in [0, 0.1) is 0 Å². The molecule has 7 heteroatoms. The number of Topliss-reactive ketones (excluding diaryl/α,β-unsaturated/α-hetero) is 1. The first-order valence-electron chi connectivity index (χ1n) is 7.25. The second-order valence-electron chi connectivity index (χ2n) is 5.09. The molecule has 0 atom stereocenters. The van der Waals surface area contributed by atoms with E-state index in [0.717, 1.165) is 5.56 Å². The molecule has 0 fully saturated rings. The molecule has 0 radical (unpaired) electrons. The molecule has 130 valence electrons. The predicted molar refractivity (Wildman–Crippen MR) is 106 cm³/mol. The molecule has 2 aromatic rings. The molecule has 4 nitrogen and oxygen atoms in total. The number of carboxylic acid groups (broad SMARTS) is 1. The van der Waals surface area contributed by atoms with Crippen LogP contribution in [0.4, 0.5) is 5.69 Å². The molecule has 25 heavy (non-hydrogen) atoms. The van der Waals surface area contributed by atoms with Gasteiger partial charge in [0, 0.05) is 15.2 Å².